The number of ketones is 1. The molecule has 98 valence electrons. The Morgan fingerprint density at radius 2 is 1.79 bits per heavy atom. The molecule has 0 radical (unpaired) electrons. The minimum atomic E-state index is -1.11. The van der Waals surface area contributed by atoms with E-state index in [1.54, 1.807) is 12.1 Å². The zero-order chi connectivity index (χ0) is 13.8. The summed E-state index contributed by atoms with van der Waals surface area (Å²) in [6.07, 6.45) is 0. The van der Waals surface area contributed by atoms with Crippen LogP contribution in [0.4, 0.5) is 8.78 Å². The van der Waals surface area contributed by atoms with E-state index in [0.717, 1.165) is 6.07 Å². The molecular formula is C14H9ClF2O2. The number of benzene rings is 2. The summed E-state index contributed by atoms with van der Waals surface area (Å²) in [5, 5.41) is 0.508. The summed E-state index contributed by atoms with van der Waals surface area (Å²) >= 11 is 5.69. The maximum absolute atomic E-state index is 13.3. The lowest BCUT2D eigenvalue weighted by Crippen LogP contribution is -2.12. The van der Waals surface area contributed by atoms with Gasteiger partial charge in [0.25, 0.3) is 0 Å². The second-order valence-corrected chi connectivity index (χ2v) is 4.21. The number of hydrogen-bond donors (Lipinski definition) is 0. The van der Waals surface area contributed by atoms with E-state index in [1.165, 1.54) is 24.3 Å². The summed E-state index contributed by atoms with van der Waals surface area (Å²) in [6, 6.07) is 9.75. The van der Waals surface area contributed by atoms with Crippen LogP contribution < -0.4 is 4.74 Å². The summed E-state index contributed by atoms with van der Waals surface area (Å²) < 4.78 is 31.2. The Hall–Kier alpha value is -1.94. The molecule has 0 amide bonds. The summed E-state index contributed by atoms with van der Waals surface area (Å²) in [5.74, 6) is -2.76. The van der Waals surface area contributed by atoms with Crippen LogP contribution in [0.5, 0.6) is 5.75 Å². The van der Waals surface area contributed by atoms with Gasteiger partial charge in [0, 0.05) is 10.6 Å². The smallest absolute Gasteiger partial charge is 0.200 e. The Labute approximate surface area is 113 Å². The first-order chi connectivity index (χ1) is 9.08. The average Bonchev–Trinajstić information content (AvgIpc) is 2.41. The van der Waals surface area contributed by atoms with Gasteiger partial charge in [-0.3, -0.25) is 4.79 Å². The van der Waals surface area contributed by atoms with Gasteiger partial charge in [-0.1, -0.05) is 17.7 Å². The Morgan fingerprint density at radius 1 is 1.11 bits per heavy atom. The van der Waals surface area contributed by atoms with Crippen molar-refractivity contribution < 1.29 is 18.3 Å². The van der Waals surface area contributed by atoms with Gasteiger partial charge in [0.1, 0.15) is 0 Å². The Kier molecular flexibility index (Phi) is 4.12. The first-order valence-electron chi connectivity index (χ1n) is 5.43. The third-order valence-electron chi connectivity index (χ3n) is 2.44. The van der Waals surface area contributed by atoms with Gasteiger partial charge in [0.2, 0.25) is 5.82 Å². The topological polar surface area (TPSA) is 26.3 Å². The summed E-state index contributed by atoms with van der Waals surface area (Å²) in [4.78, 5) is 11.7. The Bertz CT molecular complexity index is 597. The highest BCUT2D eigenvalue weighted by molar-refractivity contribution is 6.30. The van der Waals surface area contributed by atoms with Crippen molar-refractivity contribution in [2.24, 2.45) is 0 Å². The molecule has 2 aromatic rings. The van der Waals surface area contributed by atoms with Gasteiger partial charge in [-0.05, 0) is 36.4 Å². The normalized spacial score (nSPS) is 10.3. The van der Waals surface area contributed by atoms with E-state index in [9.17, 15) is 13.6 Å². The van der Waals surface area contributed by atoms with Crippen LogP contribution in [0.1, 0.15) is 10.4 Å². The zero-order valence-corrected chi connectivity index (χ0v) is 10.5. The molecule has 0 aliphatic carbocycles. The van der Waals surface area contributed by atoms with Crippen LogP contribution in [-0.4, -0.2) is 12.4 Å². The SMILES string of the molecule is O=C(COc1cccc(F)c1F)c1ccc(Cl)cc1. The molecule has 0 unspecified atom stereocenters. The highest BCUT2D eigenvalue weighted by Crippen LogP contribution is 2.19. The first-order valence-corrected chi connectivity index (χ1v) is 5.81. The monoisotopic (exact) mass is 282 g/mol. The van der Waals surface area contributed by atoms with Crippen LogP contribution in [0, 0.1) is 11.6 Å². The maximum atomic E-state index is 13.3. The van der Waals surface area contributed by atoms with Crippen molar-refractivity contribution in [1.29, 1.82) is 0 Å². The highest BCUT2D eigenvalue weighted by atomic mass is 35.5. The van der Waals surface area contributed by atoms with Gasteiger partial charge >= 0.3 is 0 Å². The molecule has 0 saturated heterocycles. The van der Waals surface area contributed by atoms with Crippen molar-refractivity contribution in [2.45, 2.75) is 0 Å². The molecule has 0 aliphatic heterocycles. The first kappa shape index (κ1) is 13.5. The fourth-order valence-corrected chi connectivity index (χ4v) is 1.58. The van der Waals surface area contributed by atoms with Crippen LogP contribution in [0.25, 0.3) is 0 Å². The van der Waals surface area contributed by atoms with E-state index in [2.05, 4.69) is 0 Å². The molecule has 0 heterocycles. The summed E-state index contributed by atoms with van der Waals surface area (Å²) in [7, 11) is 0. The van der Waals surface area contributed by atoms with Crippen LogP contribution in [0.3, 0.4) is 0 Å². The molecule has 2 aromatic carbocycles. The molecule has 0 bridgehead atoms. The molecule has 0 aromatic heterocycles. The molecule has 0 saturated carbocycles. The standard InChI is InChI=1S/C14H9ClF2O2/c15-10-6-4-9(5-7-10)12(18)8-19-13-3-1-2-11(16)14(13)17/h1-7H,8H2. The van der Waals surface area contributed by atoms with Gasteiger partial charge in [-0.15, -0.1) is 0 Å². The molecule has 2 rings (SSSR count). The van der Waals surface area contributed by atoms with E-state index in [4.69, 9.17) is 16.3 Å². The third-order valence-corrected chi connectivity index (χ3v) is 2.69. The lowest BCUT2D eigenvalue weighted by atomic mass is 10.1. The minimum absolute atomic E-state index is 0.290. The van der Waals surface area contributed by atoms with Gasteiger partial charge < -0.3 is 4.74 Å². The molecule has 2 nitrogen and oxygen atoms in total. The number of halogens is 3. The number of Topliss-reactive ketones (excluding diaryl/α,β-unsaturated/α-hetero) is 1. The van der Waals surface area contributed by atoms with Crippen molar-refractivity contribution in [1.82, 2.24) is 0 Å². The lowest BCUT2D eigenvalue weighted by molar-refractivity contribution is 0.0918. The second-order valence-electron chi connectivity index (χ2n) is 3.77. The fourth-order valence-electron chi connectivity index (χ4n) is 1.46. The predicted molar refractivity (Wildman–Crippen MR) is 67.6 cm³/mol. The van der Waals surface area contributed by atoms with Gasteiger partial charge in [-0.25, -0.2) is 4.39 Å². The molecule has 19 heavy (non-hydrogen) atoms. The van der Waals surface area contributed by atoms with E-state index < -0.39 is 11.6 Å². The van der Waals surface area contributed by atoms with E-state index in [0.29, 0.717) is 10.6 Å². The van der Waals surface area contributed by atoms with Crippen LogP contribution in [0.15, 0.2) is 42.5 Å². The second kappa shape index (κ2) is 5.80. The van der Waals surface area contributed by atoms with Crippen molar-refractivity contribution in [3.8, 4) is 5.75 Å². The summed E-state index contributed by atoms with van der Waals surface area (Å²) in [5.41, 5.74) is 0.390. The van der Waals surface area contributed by atoms with Crippen LogP contribution in [-0.2, 0) is 0 Å². The maximum Gasteiger partial charge on any atom is 0.200 e. The quantitative estimate of drug-likeness (QED) is 0.796. The fraction of sp³-hybridized carbons (Fsp3) is 0.0714. The van der Waals surface area contributed by atoms with Crippen LogP contribution in [0.2, 0.25) is 5.02 Å². The molecular weight excluding hydrogens is 274 g/mol. The predicted octanol–water partition coefficient (Wildman–Crippen LogP) is 3.88. The number of hydrogen-bond acceptors (Lipinski definition) is 2. The third kappa shape index (κ3) is 3.29. The summed E-state index contributed by atoms with van der Waals surface area (Å²) in [6.45, 7) is -0.373. The molecule has 0 fully saturated rings. The van der Waals surface area contributed by atoms with Crippen LogP contribution >= 0.6 is 11.6 Å². The van der Waals surface area contributed by atoms with Gasteiger partial charge in [-0.2, -0.15) is 4.39 Å². The van der Waals surface area contributed by atoms with Gasteiger partial charge in [0.15, 0.2) is 24.0 Å². The molecule has 0 spiro atoms. The minimum Gasteiger partial charge on any atom is -0.482 e. The molecule has 5 heteroatoms. The number of ether oxygens (including phenoxy) is 1. The highest BCUT2D eigenvalue weighted by Gasteiger charge is 2.11. The number of rotatable bonds is 4. The van der Waals surface area contributed by atoms with E-state index in [1.807, 2.05) is 0 Å². The number of carbonyl (C=O) groups excluding carboxylic acids is 1. The van der Waals surface area contributed by atoms with E-state index in [-0.39, 0.29) is 18.1 Å². The lowest BCUT2D eigenvalue weighted by Gasteiger charge is -2.07. The van der Waals surface area contributed by atoms with Crippen molar-refractivity contribution in [3.05, 3.63) is 64.7 Å². The Balaban J connectivity index is 2.04. The molecule has 0 atom stereocenters. The average molecular weight is 283 g/mol. The Morgan fingerprint density at radius 3 is 2.47 bits per heavy atom. The molecule has 0 aliphatic rings. The van der Waals surface area contributed by atoms with Crippen molar-refractivity contribution in [2.75, 3.05) is 6.61 Å². The number of carbonyl (C=O) groups is 1. The molecule has 0 N–H and O–H groups in total. The van der Waals surface area contributed by atoms with E-state index >= 15 is 0 Å². The van der Waals surface area contributed by atoms with Crippen molar-refractivity contribution in [3.63, 3.8) is 0 Å². The largest absolute Gasteiger partial charge is 0.482 e. The van der Waals surface area contributed by atoms with Gasteiger partial charge in [0.05, 0.1) is 0 Å². The van der Waals surface area contributed by atoms with Crippen molar-refractivity contribution >= 4 is 17.4 Å². The zero-order valence-electron chi connectivity index (χ0n) is 9.70.